The van der Waals surface area contributed by atoms with E-state index in [4.69, 9.17) is 9.47 Å². The van der Waals surface area contributed by atoms with E-state index >= 15 is 0 Å². The monoisotopic (exact) mass is 556 g/mol. The van der Waals surface area contributed by atoms with Crippen molar-refractivity contribution in [2.75, 3.05) is 39.9 Å². The molecule has 6 nitrogen and oxygen atoms in total. The van der Waals surface area contributed by atoms with Crippen molar-refractivity contribution in [3.05, 3.63) is 52.2 Å². The van der Waals surface area contributed by atoms with Crippen molar-refractivity contribution >= 4 is 41.3 Å². The average Bonchev–Trinajstić information content (AvgIpc) is 3.27. The molecule has 1 aromatic heterocycles. The third kappa shape index (κ3) is 6.12. The molecule has 2 unspecified atom stereocenters. The normalized spacial score (nSPS) is 21.9. The van der Waals surface area contributed by atoms with Crippen LogP contribution in [0.1, 0.15) is 42.8 Å². The Hall–Kier alpha value is -1.36. The van der Waals surface area contributed by atoms with Crippen LogP contribution >= 0.6 is 35.3 Å². The maximum atomic E-state index is 6.17. The summed E-state index contributed by atoms with van der Waals surface area (Å²) in [4.78, 5) is 8.39. The predicted molar refractivity (Wildman–Crippen MR) is 138 cm³/mol. The van der Waals surface area contributed by atoms with Gasteiger partial charge in [-0.1, -0.05) is 24.3 Å². The molecule has 1 saturated heterocycles. The van der Waals surface area contributed by atoms with Crippen molar-refractivity contribution < 1.29 is 9.47 Å². The van der Waals surface area contributed by atoms with E-state index < -0.39 is 0 Å². The molecular formula is C23H33IN4O2S. The third-order valence-corrected chi connectivity index (χ3v) is 6.71. The van der Waals surface area contributed by atoms with Gasteiger partial charge in [-0.05, 0) is 31.4 Å². The van der Waals surface area contributed by atoms with Crippen LogP contribution in [-0.2, 0) is 4.74 Å². The SMILES string of the molecule is CN=C(NCC(c1cccs1)N1CCOCC1)NC1CC(C)(C)Oc2ccccc21.I. The summed E-state index contributed by atoms with van der Waals surface area (Å²) in [6, 6.07) is 13.1. The van der Waals surface area contributed by atoms with E-state index in [9.17, 15) is 0 Å². The molecule has 2 aromatic rings. The largest absolute Gasteiger partial charge is 0.487 e. The molecule has 8 heteroatoms. The van der Waals surface area contributed by atoms with Crippen molar-refractivity contribution in [3.63, 3.8) is 0 Å². The van der Waals surface area contributed by atoms with Gasteiger partial charge in [0.25, 0.3) is 0 Å². The molecule has 2 aliphatic rings. The maximum Gasteiger partial charge on any atom is 0.191 e. The van der Waals surface area contributed by atoms with Crippen LogP contribution in [0.3, 0.4) is 0 Å². The second-order valence-corrected chi connectivity index (χ2v) is 9.41. The fourth-order valence-corrected chi connectivity index (χ4v) is 5.12. The number of guanidine groups is 1. The van der Waals surface area contributed by atoms with Gasteiger partial charge in [0.1, 0.15) is 11.4 Å². The Morgan fingerprint density at radius 3 is 2.71 bits per heavy atom. The summed E-state index contributed by atoms with van der Waals surface area (Å²) < 4.78 is 11.7. The van der Waals surface area contributed by atoms with Gasteiger partial charge < -0.3 is 20.1 Å². The highest BCUT2D eigenvalue weighted by Crippen LogP contribution is 2.39. The number of hydrogen-bond donors (Lipinski definition) is 2. The first-order valence-electron chi connectivity index (χ1n) is 10.7. The molecule has 0 bridgehead atoms. The van der Waals surface area contributed by atoms with Crippen LogP contribution in [0.2, 0.25) is 0 Å². The van der Waals surface area contributed by atoms with E-state index in [2.05, 4.69) is 64.0 Å². The van der Waals surface area contributed by atoms with E-state index in [0.29, 0.717) is 6.04 Å². The molecule has 0 radical (unpaired) electrons. The van der Waals surface area contributed by atoms with Gasteiger partial charge in [-0.2, -0.15) is 0 Å². The lowest BCUT2D eigenvalue weighted by atomic mass is 9.90. The van der Waals surface area contributed by atoms with Crippen molar-refractivity contribution in [3.8, 4) is 5.75 Å². The number of halogens is 1. The van der Waals surface area contributed by atoms with Crippen molar-refractivity contribution in [1.82, 2.24) is 15.5 Å². The summed E-state index contributed by atoms with van der Waals surface area (Å²) in [5.41, 5.74) is 0.959. The minimum atomic E-state index is -0.224. The van der Waals surface area contributed by atoms with Crippen LogP contribution < -0.4 is 15.4 Å². The standard InChI is InChI=1S/C23H32N4O2S.HI/c1-23(2)15-18(17-7-4-5-8-20(17)29-23)26-22(24-3)25-16-19(21-9-6-14-30-21)27-10-12-28-13-11-27;/h4-9,14,18-19H,10-13,15-16H2,1-3H3,(H2,24,25,26);1H. The van der Waals surface area contributed by atoms with Gasteiger partial charge >= 0.3 is 0 Å². The number of rotatable bonds is 5. The van der Waals surface area contributed by atoms with Gasteiger partial charge in [-0.3, -0.25) is 9.89 Å². The average molecular weight is 557 g/mol. The number of para-hydroxylation sites is 1. The van der Waals surface area contributed by atoms with Gasteiger partial charge in [-0.15, -0.1) is 35.3 Å². The van der Waals surface area contributed by atoms with Crippen LogP contribution in [0.15, 0.2) is 46.8 Å². The highest BCUT2D eigenvalue weighted by molar-refractivity contribution is 14.0. The summed E-state index contributed by atoms with van der Waals surface area (Å²) in [7, 11) is 1.83. The molecule has 0 saturated carbocycles. The third-order valence-electron chi connectivity index (χ3n) is 5.73. The first-order valence-corrected chi connectivity index (χ1v) is 11.5. The Morgan fingerprint density at radius 1 is 1.23 bits per heavy atom. The molecule has 3 heterocycles. The topological polar surface area (TPSA) is 58.1 Å². The predicted octanol–water partition coefficient (Wildman–Crippen LogP) is 4.21. The molecule has 0 spiro atoms. The number of aliphatic imine (C=N–C) groups is 1. The van der Waals surface area contributed by atoms with Gasteiger partial charge in [0.15, 0.2) is 5.96 Å². The lowest BCUT2D eigenvalue weighted by molar-refractivity contribution is 0.0177. The molecule has 1 aromatic carbocycles. The fourth-order valence-electron chi connectivity index (χ4n) is 4.26. The maximum absolute atomic E-state index is 6.17. The minimum Gasteiger partial charge on any atom is -0.487 e. The zero-order chi connectivity index (χ0) is 21.0. The van der Waals surface area contributed by atoms with E-state index in [0.717, 1.165) is 51.0 Å². The number of hydrogen-bond acceptors (Lipinski definition) is 5. The zero-order valence-electron chi connectivity index (χ0n) is 18.5. The number of nitrogens with zero attached hydrogens (tertiary/aromatic N) is 2. The molecule has 31 heavy (non-hydrogen) atoms. The summed E-state index contributed by atoms with van der Waals surface area (Å²) in [5, 5.41) is 9.37. The second-order valence-electron chi connectivity index (χ2n) is 8.43. The van der Waals surface area contributed by atoms with E-state index in [-0.39, 0.29) is 35.6 Å². The Balaban J connectivity index is 0.00000272. The summed E-state index contributed by atoms with van der Waals surface area (Å²) in [6.07, 6.45) is 0.878. The minimum absolute atomic E-state index is 0. The molecule has 0 aliphatic carbocycles. The van der Waals surface area contributed by atoms with Crippen LogP contribution in [0, 0.1) is 0 Å². The molecule has 2 aliphatic heterocycles. The second kappa shape index (κ2) is 11.0. The van der Waals surface area contributed by atoms with Gasteiger partial charge in [0.2, 0.25) is 0 Å². The van der Waals surface area contributed by atoms with Crippen molar-refractivity contribution in [1.29, 1.82) is 0 Å². The first kappa shape index (κ1) is 24.3. The lowest BCUT2D eigenvalue weighted by Crippen LogP contribution is -2.48. The van der Waals surface area contributed by atoms with Crippen LogP contribution in [0.25, 0.3) is 0 Å². The van der Waals surface area contributed by atoms with Gasteiger partial charge in [-0.25, -0.2) is 0 Å². The van der Waals surface area contributed by atoms with Crippen LogP contribution in [0.5, 0.6) is 5.75 Å². The molecule has 170 valence electrons. The number of benzene rings is 1. The highest BCUT2D eigenvalue weighted by atomic mass is 127. The fraction of sp³-hybridized carbons (Fsp3) is 0.522. The molecule has 4 rings (SSSR count). The summed E-state index contributed by atoms with van der Waals surface area (Å²) >= 11 is 1.81. The van der Waals surface area contributed by atoms with Crippen LogP contribution in [0.4, 0.5) is 0 Å². The number of morpholine rings is 1. The molecule has 0 amide bonds. The van der Waals surface area contributed by atoms with Crippen molar-refractivity contribution in [2.24, 2.45) is 4.99 Å². The Kier molecular flexibility index (Phi) is 8.60. The zero-order valence-corrected chi connectivity index (χ0v) is 21.6. The summed E-state index contributed by atoms with van der Waals surface area (Å²) in [5.74, 6) is 1.77. The molecule has 2 N–H and O–H groups in total. The highest BCUT2D eigenvalue weighted by Gasteiger charge is 2.34. The smallest absolute Gasteiger partial charge is 0.191 e. The quantitative estimate of drug-likeness (QED) is 0.329. The number of nitrogens with one attached hydrogen (secondary N) is 2. The van der Waals surface area contributed by atoms with Gasteiger partial charge in [0, 0.05) is 43.5 Å². The Labute approximate surface area is 206 Å². The number of thiophene rings is 1. The van der Waals surface area contributed by atoms with Crippen molar-refractivity contribution in [2.45, 2.75) is 38.0 Å². The Bertz CT molecular complexity index is 853. The first-order chi connectivity index (χ1) is 14.6. The molecule has 2 atom stereocenters. The Morgan fingerprint density at radius 2 is 2.00 bits per heavy atom. The number of ether oxygens (including phenoxy) is 2. The number of fused-ring (bicyclic) bond motifs is 1. The van der Waals surface area contributed by atoms with E-state index in [1.807, 2.05) is 30.5 Å². The van der Waals surface area contributed by atoms with E-state index in [1.54, 1.807) is 0 Å². The van der Waals surface area contributed by atoms with E-state index in [1.165, 1.54) is 10.4 Å². The molecular weight excluding hydrogens is 523 g/mol. The van der Waals surface area contributed by atoms with Crippen LogP contribution in [-0.4, -0.2) is 56.4 Å². The lowest BCUT2D eigenvalue weighted by Gasteiger charge is -2.38. The summed E-state index contributed by atoms with van der Waals surface area (Å²) in [6.45, 7) is 8.58. The molecule has 1 fully saturated rings. The van der Waals surface area contributed by atoms with Gasteiger partial charge in [0.05, 0.1) is 25.3 Å².